The van der Waals surface area contributed by atoms with Gasteiger partial charge in [0.15, 0.2) is 5.13 Å². The molecule has 0 radical (unpaired) electrons. The molecular weight excluding hydrogens is 384 g/mol. The smallest absolute Gasteiger partial charge is 0.321 e. The summed E-state index contributed by atoms with van der Waals surface area (Å²) in [6.07, 6.45) is 6.76. The summed E-state index contributed by atoms with van der Waals surface area (Å²) < 4.78 is 0.943. The van der Waals surface area contributed by atoms with E-state index in [1.807, 2.05) is 31.2 Å². The number of rotatable bonds is 4. The third-order valence-corrected chi connectivity index (χ3v) is 5.24. The van der Waals surface area contributed by atoms with Crippen LogP contribution in [0, 0.1) is 11.3 Å². The SMILES string of the molecule is CCNC(=O)Nc1nc2cc(-c3cncc(C#N)c3)cc(-c3cccnc3)c2s1. The first-order chi connectivity index (χ1) is 14.2. The number of urea groups is 1. The number of hydrogen-bond acceptors (Lipinski definition) is 6. The van der Waals surface area contributed by atoms with E-state index in [4.69, 9.17) is 0 Å². The molecule has 3 heterocycles. The summed E-state index contributed by atoms with van der Waals surface area (Å²) in [6.45, 7) is 2.39. The molecule has 0 unspecified atom stereocenters. The molecule has 7 nitrogen and oxygen atoms in total. The van der Waals surface area contributed by atoms with Crippen molar-refractivity contribution >= 4 is 32.7 Å². The number of carbonyl (C=O) groups excluding carboxylic acids is 1. The van der Waals surface area contributed by atoms with Gasteiger partial charge in [0, 0.05) is 48.0 Å². The van der Waals surface area contributed by atoms with Crippen molar-refractivity contribution in [3.8, 4) is 28.3 Å². The van der Waals surface area contributed by atoms with E-state index in [1.165, 1.54) is 17.5 Å². The van der Waals surface area contributed by atoms with Crippen LogP contribution in [-0.4, -0.2) is 27.5 Å². The fourth-order valence-electron chi connectivity index (χ4n) is 2.95. The number of hydrogen-bond donors (Lipinski definition) is 2. The summed E-state index contributed by atoms with van der Waals surface area (Å²) >= 11 is 1.41. The zero-order valence-corrected chi connectivity index (χ0v) is 16.3. The Hall–Kier alpha value is -3.83. The lowest BCUT2D eigenvalue weighted by Gasteiger charge is -2.07. The van der Waals surface area contributed by atoms with E-state index >= 15 is 0 Å². The van der Waals surface area contributed by atoms with Gasteiger partial charge >= 0.3 is 6.03 Å². The van der Waals surface area contributed by atoms with Gasteiger partial charge in [0.25, 0.3) is 0 Å². The van der Waals surface area contributed by atoms with Gasteiger partial charge in [-0.25, -0.2) is 9.78 Å². The first-order valence-electron chi connectivity index (χ1n) is 8.93. The van der Waals surface area contributed by atoms with Crippen molar-refractivity contribution in [3.05, 3.63) is 60.7 Å². The van der Waals surface area contributed by atoms with Crippen molar-refractivity contribution < 1.29 is 4.79 Å². The third-order valence-electron chi connectivity index (χ3n) is 4.22. The van der Waals surface area contributed by atoms with Crippen molar-refractivity contribution in [2.24, 2.45) is 0 Å². The predicted molar refractivity (Wildman–Crippen MR) is 113 cm³/mol. The first kappa shape index (κ1) is 18.5. The second kappa shape index (κ2) is 8.04. The molecule has 0 fully saturated rings. The average Bonchev–Trinajstić information content (AvgIpc) is 3.16. The molecule has 4 aromatic rings. The normalized spacial score (nSPS) is 10.5. The largest absolute Gasteiger partial charge is 0.338 e. The van der Waals surface area contributed by atoms with E-state index in [2.05, 4.69) is 31.7 Å². The summed E-state index contributed by atoms with van der Waals surface area (Å²) in [5, 5.41) is 15.2. The van der Waals surface area contributed by atoms with Crippen LogP contribution in [-0.2, 0) is 0 Å². The minimum absolute atomic E-state index is 0.291. The van der Waals surface area contributed by atoms with Crippen LogP contribution in [0.25, 0.3) is 32.5 Å². The summed E-state index contributed by atoms with van der Waals surface area (Å²) in [6, 6.07) is 11.4. The Balaban J connectivity index is 1.88. The third kappa shape index (κ3) is 3.90. The lowest BCUT2D eigenvalue weighted by atomic mass is 9.99. The molecule has 0 saturated heterocycles. The Bertz CT molecular complexity index is 1230. The van der Waals surface area contributed by atoms with Gasteiger partial charge in [-0.05, 0) is 36.8 Å². The summed E-state index contributed by atoms with van der Waals surface area (Å²) in [5.74, 6) is 0. The summed E-state index contributed by atoms with van der Waals surface area (Å²) in [5.41, 5.74) is 4.84. The number of anilines is 1. The van der Waals surface area contributed by atoms with E-state index in [0.29, 0.717) is 17.2 Å². The van der Waals surface area contributed by atoms with Gasteiger partial charge < -0.3 is 5.32 Å². The van der Waals surface area contributed by atoms with Crippen LogP contribution in [0.15, 0.2) is 55.1 Å². The Morgan fingerprint density at radius 1 is 1.14 bits per heavy atom. The fraction of sp³-hybridized carbons (Fsp3) is 0.0952. The van der Waals surface area contributed by atoms with Crippen LogP contribution in [0.3, 0.4) is 0 Å². The monoisotopic (exact) mass is 400 g/mol. The fourth-order valence-corrected chi connectivity index (χ4v) is 3.93. The van der Waals surface area contributed by atoms with Gasteiger partial charge in [0.2, 0.25) is 0 Å². The van der Waals surface area contributed by atoms with E-state index in [9.17, 15) is 10.1 Å². The highest BCUT2D eigenvalue weighted by atomic mass is 32.1. The number of pyridine rings is 2. The van der Waals surface area contributed by atoms with Gasteiger partial charge in [0.1, 0.15) is 6.07 Å². The lowest BCUT2D eigenvalue weighted by molar-refractivity contribution is 0.252. The second-order valence-corrected chi connectivity index (χ2v) is 7.19. The molecule has 1 aromatic carbocycles. The molecule has 2 N–H and O–H groups in total. The standard InChI is InChI=1S/C21H16N6OS/c1-2-25-20(28)27-21-26-18-8-15(16-6-13(9-22)10-24-12-16)7-17(19(18)29-21)14-4-3-5-23-11-14/h3-8,10-12H,2H2,1H3,(H2,25,26,27,28). The number of aromatic nitrogens is 3. The lowest BCUT2D eigenvalue weighted by Crippen LogP contribution is -2.28. The van der Waals surface area contributed by atoms with Gasteiger partial charge in [0.05, 0.1) is 15.8 Å². The molecule has 142 valence electrons. The molecule has 0 aliphatic carbocycles. The van der Waals surface area contributed by atoms with Crippen LogP contribution in [0.1, 0.15) is 12.5 Å². The van der Waals surface area contributed by atoms with Crippen LogP contribution < -0.4 is 10.6 Å². The number of nitriles is 1. The Morgan fingerprint density at radius 3 is 2.76 bits per heavy atom. The predicted octanol–water partition coefficient (Wildman–Crippen LogP) is 4.43. The number of nitrogens with one attached hydrogen (secondary N) is 2. The molecule has 4 rings (SSSR count). The molecular formula is C21H16N6OS. The van der Waals surface area contributed by atoms with Crippen molar-refractivity contribution in [2.75, 3.05) is 11.9 Å². The van der Waals surface area contributed by atoms with E-state index < -0.39 is 0 Å². The quantitative estimate of drug-likeness (QED) is 0.527. The Morgan fingerprint density at radius 2 is 2.00 bits per heavy atom. The molecule has 2 amide bonds. The molecule has 29 heavy (non-hydrogen) atoms. The van der Waals surface area contributed by atoms with Crippen molar-refractivity contribution in [2.45, 2.75) is 6.92 Å². The van der Waals surface area contributed by atoms with Gasteiger partial charge in [-0.2, -0.15) is 5.26 Å². The Kier molecular flexibility index (Phi) is 5.14. The van der Waals surface area contributed by atoms with Crippen molar-refractivity contribution in [3.63, 3.8) is 0 Å². The number of amides is 2. The number of benzene rings is 1. The molecule has 0 aliphatic heterocycles. The molecule has 0 atom stereocenters. The second-order valence-electron chi connectivity index (χ2n) is 6.19. The van der Waals surface area contributed by atoms with Crippen LogP contribution in [0.4, 0.5) is 9.93 Å². The van der Waals surface area contributed by atoms with Crippen molar-refractivity contribution in [1.29, 1.82) is 5.26 Å². The zero-order valence-electron chi connectivity index (χ0n) is 15.5. The van der Waals surface area contributed by atoms with Gasteiger partial charge in [-0.3, -0.25) is 15.3 Å². The average molecular weight is 400 g/mol. The Labute approximate surface area is 171 Å². The summed E-state index contributed by atoms with van der Waals surface area (Å²) in [4.78, 5) is 24.9. The maximum Gasteiger partial charge on any atom is 0.321 e. The number of fused-ring (bicyclic) bond motifs is 1. The van der Waals surface area contributed by atoms with E-state index in [-0.39, 0.29) is 6.03 Å². The molecule has 8 heteroatoms. The van der Waals surface area contributed by atoms with Gasteiger partial charge in [-0.15, -0.1) is 0 Å². The maximum atomic E-state index is 11.9. The van der Waals surface area contributed by atoms with Gasteiger partial charge in [-0.1, -0.05) is 17.4 Å². The van der Waals surface area contributed by atoms with Crippen LogP contribution in [0.5, 0.6) is 0 Å². The number of nitrogens with zero attached hydrogens (tertiary/aromatic N) is 4. The molecule has 0 bridgehead atoms. The minimum atomic E-state index is -0.291. The van der Waals surface area contributed by atoms with Crippen molar-refractivity contribution in [1.82, 2.24) is 20.3 Å². The topological polar surface area (TPSA) is 104 Å². The highest BCUT2D eigenvalue weighted by Gasteiger charge is 2.15. The van der Waals surface area contributed by atoms with E-state index in [0.717, 1.165) is 32.5 Å². The maximum absolute atomic E-state index is 11.9. The molecule has 0 saturated carbocycles. The number of carbonyl (C=O) groups is 1. The van der Waals surface area contributed by atoms with E-state index in [1.54, 1.807) is 24.7 Å². The highest BCUT2D eigenvalue weighted by Crippen LogP contribution is 2.38. The zero-order chi connectivity index (χ0) is 20.2. The number of thiazole rings is 1. The highest BCUT2D eigenvalue weighted by molar-refractivity contribution is 7.22. The first-order valence-corrected chi connectivity index (χ1v) is 9.75. The molecule has 0 spiro atoms. The molecule has 0 aliphatic rings. The minimum Gasteiger partial charge on any atom is -0.338 e. The van der Waals surface area contributed by atoms with Crippen LogP contribution in [0.2, 0.25) is 0 Å². The molecule has 3 aromatic heterocycles. The summed E-state index contributed by atoms with van der Waals surface area (Å²) in [7, 11) is 0. The van der Waals surface area contributed by atoms with Crippen LogP contribution >= 0.6 is 11.3 Å².